The number of imide groups is 1. The van der Waals surface area contributed by atoms with Gasteiger partial charge in [-0.15, -0.1) is 0 Å². The summed E-state index contributed by atoms with van der Waals surface area (Å²) in [4.78, 5) is 30.3. The zero-order valence-corrected chi connectivity index (χ0v) is 13.1. The van der Waals surface area contributed by atoms with E-state index in [2.05, 4.69) is 21.9 Å². The molecule has 3 rings (SSSR count). The van der Waals surface area contributed by atoms with Gasteiger partial charge in [0.25, 0.3) is 0 Å². The molecule has 2 heterocycles. The maximum atomic E-state index is 12.4. The Morgan fingerprint density at radius 2 is 1.73 bits per heavy atom. The number of hydrogen-bond acceptors (Lipinski definition) is 4. The van der Waals surface area contributed by atoms with Gasteiger partial charge in [-0.25, -0.2) is 0 Å². The van der Waals surface area contributed by atoms with Gasteiger partial charge in [-0.3, -0.25) is 19.4 Å². The van der Waals surface area contributed by atoms with Gasteiger partial charge in [-0.2, -0.15) is 0 Å². The van der Waals surface area contributed by atoms with Crippen LogP contribution in [0.1, 0.15) is 19.8 Å². The second-order valence-corrected chi connectivity index (χ2v) is 5.96. The SMILES string of the molecule is CCCN1C(=O)C[C@H](N2CCN(c3ccccc3)CC2)C1=O. The monoisotopic (exact) mass is 301 g/mol. The number of para-hydroxylation sites is 1. The fourth-order valence-electron chi connectivity index (χ4n) is 3.34. The Hall–Kier alpha value is -1.88. The molecule has 0 saturated carbocycles. The minimum atomic E-state index is -0.239. The summed E-state index contributed by atoms with van der Waals surface area (Å²) in [5, 5.41) is 0. The van der Waals surface area contributed by atoms with E-state index in [0.29, 0.717) is 13.0 Å². The summed E-state index contributed by atoms with van der Waals surface area (Å²) in [7, 11) is 0. The minimum Gasteiger partial charge on any atom is -0.369 e. The van der Waals surface area contributed by atoms with Crippen LogP contribution in [-0.2, 0) is 9.59 Å². The van der Waals surface area contributed by atoms with Gasteiger partial charge in [0.15, 0.2) is 0 Å². The van der Waals surface area contributed by atoms with Gasteiger partial charge < -0.3 is 4.90 Å². The summed E-state index contributed by atoms with van der Waals surface area (Å²) >= 11 is 0. The van der Waals surface area contributed by atoms with Gasteiger partial charge in [0.1, 0.15) is 0 Å². The lowest BCUT2D eigenvalue weighted by Crippen LogP contribution is -2.52. The van der Waals surface area contributed by atoms with Gasteiger partial charge in [0.2, 0.25) is 11.8 Å². The molecule has 1 atom stereocenters. The van der Waals surface area contributed by atoms with E-state index < -0.39 is 0 Å². The quantitative estimate of drug-likeness (QED) is 0.787. The fraction of sp³-hybridized carbons (Fsp3) is 0.529. The van der Waals surface area contributed by atoms with Crippen LogP contribution in [0, 0.1) is 0 Å². The minimum absolute atomic E-state index is 0.0000103. The Kier molecular flexibility index (Phi) is 4.43. The van der Waals surface area contributed by atoms with Crippen molar-refractivity contribution < 1.29 is 9.59 Å². The first-order valence-corrected chi connectivity index (χ1v) is 8.09. The number of amides is 2. The standard InChI is InChI=1S/C17H23N3O2/c1-2-8-20-16(21)13-15(17(20)22)19-11-9-18(10-12-19)14-6-4-3-5-7-14/h3-7,15H,2,8-13H2,1H3/t15-/m0/s1. The van der Waals surface area contributed by atoms with Gasteiger partial charge in [-0.1, -0.05) is 25.1 Å². The summed E-state index contributed by atoms with van der Waals surface area (Å²) < 4.78 is 0. The number of carbonyl (C=O) groups is 2. The third kappa shape index (κ3) is 2.86. The third-order valence-corrected chi connectivity index (χ3v) is 4.54. The van der Waals surface area contributed by atoms with Crippen LogP contribution >= 0.6 is 0 Å². The summed E-state index contributed by atoms with van der Waals surface area (Å²) in [5.41, 5.74) is 1.23. The molecule has 5 nitrogen and oxygen atoms in total. The van der Waals surface area contributed by atoms with Crippen molar-refractivity contribution in [3.8, 4) is 0 Å². The molecular formula is C17H23N3O2. The number of anilines is 1. The average Bonchev–Trinajstić information content (AvgIpc) is 2.84. The number of hydrogen-bond donors (Lipinski definition) is 0. The Balaban J connectivity index is 1.60. The highest BCUT2D eigenvalue weighted by molar-refractivity contribution is 6.05. The first kappa shape index (κ1) is 15.0. The van der Waals surface area contributed by atoms with E-state index in [0.717, 1.165) is 32.6 Å². The average molecular weight is 301 g/mol. The highest BCUT2D eigenvalue weighted by atomic mass is 16.2. The van der Waals surface area contributed by atoms with Crippen molar-refractivity contribution in [1.82, 2.24) is 9.80 Å². The summed E-state index contributed by atoms with van der Waals surface area (Å²) in [6, 6.07) is 10.1. The number of carbonyl (C=O) groups excluding carboxylic acids is 2. The molecule has 0 aromatic heterocycles. The van der Waals surface area contributed by atoms with Crippen molar-refractivity contribution in [2.45, 2.75) is 25.8 Å². The largest absolute Gasteiger partial charge is 0.369 e. The Bertz CT molecular complexity index is 538. The molecule has 1 aromatic carbocycles. The van der Waals surface area contributed by atoms with Crippen molar-refractivity contribution >= 4 is 17.5 Å². The number of nitrogens with zero attached hydrogens (tertiary/aromatic N) is 3. The molecule has 2 aliphatic heterocycles. The molecule has 1 aromatic rings. The molecule has 0 N–H and O–H groups in total. The lowest BCUT2D eigenvalue weighted by atomic mass is 10.1. The highest BCUT2D eigenvalue weighted by Gasteiger charge is 2.41. The van der Waals surface area contributed by atoms with Crippen molar-refractivity contribution in [3.63, 3.8) is 0 Å². The van der Waals surface area contributed by atoms with Crippen LogP contribution in [0.15, 0.2) is 30.3 Å². The van der Waals surface area contributed by atoms with Crippen molar-refractivity contribution in [3.05, 3.63) is 30.3 Å². The first-order valence-electron chi connectivity index (χ1n) is 8.09. The first-order chi connectivity index (χ1) is 10.7. The normalized spacial score (nSPS) is 23.4. The van der Waals surface area contributed by atoms with Gasteiger partial charge >= 0.3 is 0 Å². The molecule has 2 fully saturated rings. The number of benzene rings is 1. The van der Waals surface area contributed by atoms with Crippen LogP contribution in [0.2, 0.25) is 0 Å². The molecule has 0 spiro atoms. The number of likely N-dealkylation sites (tertiary alicyclic amines) is 1. The zero-order valence-electron chi connectivity index (χ0n) is 13.1. The van der Waals surface area contributed by atoms with E-state index in [1.54, 1.807) is 0 Å². The van der Waals surface area contributed by atoms with E-state index in [1.165, 1.54) is 10.6 Å². The molecule has 0 radical (unpaired) electrons. The van der Waals surface area contributed by atoms with Gasteiger partial charge in [0, 0.05) is 38.4 Å². The second kappa shape index (κ2) is 6.48. The second-order valence-electron chi connectivity index (χ2n) is 5.96. The molecule has 22 heavy (non-hydrogen) atoms. The van der Waals surface area contributed by atoms with Crippen molar-refractivity contribution in [2.24, 2.45) is 0 Å². The molecule has 2 amide bonds. The maximum absolute atomic E-state index is 12.4. The summed E-state index contributed by atoms with van der Waals surface area (Å²) in [5.74, 6) is -0.0117. The molecule has 0 aliphatic carbocycles. The van der Waals surface area contributed by atoms with E-state index >= 15 is 0 Å². The number of rotatable bonds is 4. The van der Waals surface area contributed by atoms with E-state index in [9.17, 15) is 9.59 Å². The molecule has 5 heteroatoms. The Morgan fingerprint density at radius 3 is 2.36 bits per heavy atom. The maximum Gasteiger partial charge on any atom is 0.247 e. The Labute approximate surface area is 131 Å². The third-order valence-electron chi connectivity index (χ3n) is 4.54. The van der Waals surface area contributed by atoms with Crippen LogP contribution in [0.5, 0.6) is 0 Å². The summed E-state index contributed by atoms with van der Waals surface area (Å²) in [6.07, 6.45) is 1.18. The lowest BCUT2D eigenvalue weighted by molar-refractivity contribution is -0.139. The molecule has 2 aliphatic rings. The van der Waals surface area contributed by atoms with Gasteiger partial charge in [-0.05, 0) is 18.6 Å². The van der Waals surface area contributed by atoms with Crippen LogP contribution in [0.3, 0.4) is 0 Å². The van der Waals surface area contributed by atoms with E-state index in [4.69, 9.17) is 0 Å². The molecule has 0 bridgehead atoms. The van der Waals surface area contributed by atoms with E-state index in [-0.39, 0.29) is 17.9 Å². The highest BCUT2D eigenvalue weighted by Crippen LogP contribution is 2.22. The van der Waals surface area contributed by atoms with Crippen molar-refractivity contribution in [1.29, 1.82) is 0 Å². The van der Waals surface area contributed by atoms with Crippen LogP contribution in [0.25, 0.3) is 0 Å². The molecule has 118 valence electrons. The van der Waals surface area contributed by atoms with Crippen molar-refractivity contribution in [2.75, 3.05) is 37.6 Å². The van der Waals surface area contributed by atoms with E-state index in [1.807, 2.05) is 25.1 Å². The van der Waals surface area contributed by atoms with Crippen LogP contribution in [-0.4, -0.2) is 60.4 Å². The molecule has 2 saturated heterocycles. The van der Waals surface area contributed by atoms with Crippen LogP contribution in [0.4, 0.5) is 5.69 Å². The zero-order chi connectivity index (χ0) is 15.5. The molecular weight excluding hydrogens is 278 g/mol. The van der Waals surface area contributed by atoms with Crippen LogP contribution < -0.4 is 4.90 Å². The smallest absolute Gasteiger partial charge is 0.247 e. The topological polar surface area (TPSA) is 43.9 Å². The molecule has 0 unspecified atom stereocenters. The predicted octanol–water partition coefficient (Wildman–Crippen LogP) is 1.35. The fourth-order valence-corrected chi connectivity index (χ4v) is 3.34. The predicted molar refractivity (Wildman–Crippen MR) is 85.6 cm³/mol. The lowest BCUT2D eigenvalue weighted by Gasteiger charge is -2.38. The summed E-state index contributed by atoms with van der Waals surface area (Å²) in [6.45, 7) is 6.01. The Morgan fingerprint density at radius 1 is 1.05 bits per heavy atom. The van der Waals surface area contributed by atoms with Gasteiger partial charge in [0.05, 0.1) is 12.5 Å². The number of piperazine rings is 1.